The quantitative estimate of drug-likeness (QED) is 0.582. The summed E-state index contributed by atoms with van der Waals surface area (Å²) < 4.78 is 6.24. The molecular formula is C22H19N3O3S2. The highest BCUT2D eigenvalue weighted by Gasteiger charge is 2.27. The van der Waals surface area contributed by atoms with Crippen LogP contribution in [0, 0.1) is 11.3 Å². The van der Waals surface area contributed by atoms with Gasteiger partial charge in [-0.05, 0) is 47.4 Å². The van der Waals surface area contributed by atoms with Crippen LogP contribution in [-0.2, 0) is 22.5 Å². The molecule has 1 aliphatic heterocycles. The Balaban J connectivity index is 1.50. The summed E-state index contributed by atoms with van der Waals surface area (Å²) in [5, 5.41) is 16.1. The molecule has 1 aliphatic rings. The van der Waals surface area contributed by atoms with E-state index in [0.717, 1.165) is 21.4 Å². The first-order valence-electron chi connectivity index (χ1n) is 9.52. The maximum Gasteiger partial charge on any atom is 0.410 e. The van der Waals surface area contributed by atoms with E-state index < -0.39 is 0 Å². The standard InChI is InChI=1S/C22H19N3O3S2/c1-2-28-22(27)25-10-9-16-17(11-23)21(30-19(16)12-25)24-20(26)8-7-14-13-29-18-6-4-3-5-15(14)18/h3-8,13H,2,9-10,12H2,1H3,(H,24,26). The summed E-state index contributed by atoms with van der Waals surface area (Å²) in [6, 6.07) is 10.3. The number of nitrogens with one attached hydrogen (secondary N) is 1. The first-order valence-corrected chi connectivity index (χ1v) is 11.2. The van der Waals surface area contributed by atoms with Crippen LogP contribution in [0.3, 0.4) is 0 Å². The number of amides is 2. The second-order valence-electron chi connectivity index (χ2n) is 6.70. The van der Waals surface area contributed by atoms with Crippen molar-refractivity contribution in [3.05, 3.63) is 57.3 Å². The highest BCUT2D eigenvalue weighted by atomic mass is 32.1. The Bertz CT molecular complexity index is 1190. The lowest BCUT2D eigenvalue weighted by atomic mass is 10.0. The molecule has 0 unspecified atom stereocenters. The molecule has 0 fully saturated rings. The highest BCUT2D eigenvalue weighted by Crippen LogP contribution is 2.37. The molecule has 3 heterocycles. The van der Waals surface area contributed by atoms with Crippen LogP contribution in [0.25, 0.3) is 16.2 Å². The van der Waals surface area contributed by atoms with Gasteiger partial charge in [-0.25, -0.2) is 4.79 Å². The number of fused-ring (bicyclic) bond motifs is 2. The van der Waals surface area contributed by atoms with E-state index in [0.29, 0.717) is 36.7 Å². The minimum Gasteiger partial charge on any atom is -0.450 e. The fourth-order valence-electron chi connectivity index (χ4n) is 3.43. The van der Waals surface area contributed by atoms with Crippen LogP contribution in [0.2, 0.25) is 0 Å². The molecule has 0 saturated carbocycles. The van der Waals surface area contributed by atoms with E-state index >= 15 is 0 Å². The third-order valence-corrected chi connectivity index (χ3v) is 6.97. The largest absolute Gasteiger partial charge is 0.450 e. The molecule has 1 N–H and O–H groups in total. The number of carbonyl (C=O) groups is 2. The smallest absolute Gasteiger partial charge is 0.410 e. The van der Waals surface area contributed by atoms with Gasteiger partial charge in [0.1, 0.15) is 11.1 Å². The highest BCUT2D eigenvalue weighted by molar-refractivity contribution is 7.17. The van der Waals surface area contributed by atoms with E-state index in [9.17, 15) is 14.9 Å². The molecule has 0 spiro atoms. The van der Waals surface area contributed by atoms with Crippen molar-refractivity contribution in [2.24, 2.45) is 0 Å². The molecule has 8 heteroatoms. The molecular weight excluding hydrogens is 418 g/mol. The number of ether oxygens (including phenoxy) is 1. The Kier molecular flexibility index (Phi) is 5.84. The van der Waals surface area contributed by atoms with Crippen LogP contribution >= 0.6 is 22.7 Å². The van der Waals surface area contributed by atoms with Gasteiger partial charge >= 0.3 is 6.09 Å². The van der Waals surface area contributed by atoms with Gasteiger partial charge in [-0.2, -0.15) is 5.26 Å². The Morgan fingerprint density at radius 1 is 1.37 bits per heavy atom. The molecule has 0 aliphatic carbocycles. The zero-order chi connectivity index (χ0) is 21.1. The Morgan fingerprint density at radius 2 is 2.20 bits per heavy atom. The molecule has 2 amide bonds. The molecule has 152 valence electrons. The van der Waals surface area contributed by atoms with Gasteiger partial charge in [0.25, 0.3) is 0 Å². The van der Waals surface area contributed by atoms with Crippen molar-refractivity contribution in [3.63, 3.8) is 0 Å². The molecule has 30 heavy (non-hydrogen) atoms. The van der Waals surface area contributed by atoms with Crippen molar-refractivity contribution in [2.75, 3.05) is 18.5 Å². The van der Waals surface area contributed by atoms with Crippen LogP contribution < -0.4 is 5.32 Å². The third-order valence-electron chi connectivity index (χ3n) is 4.86. The Morgan fingerprint density at radius 3 is 3.00 bits per heavy atom. The summed E-state index contributed by atoms with van der Waals surface area (Å²) in [7, 11) is 0. The molecule has 0 saturated heterocycles. The molecule has 0 radical (unpaired) electrons. The van der Waals surface area contributed by atoms with Gasteiger partial charge in [0, 0.05) is 22.2 Å². The average Bonchev–Trinajstić information content (AvgIpc) is 3.32. The normalized spacial score (nSPS) is 13.3. The molecule has 1 aromatic carbocycles. The predicted molar refractivity (Wildman–Crippen MR) is 120 cm³/mol. The second kappa shape index (κ2) is 8.69. The van der Waals surface area contributed by atoms with E-state index in [2.05, 4.69) is 11.4 Å². The van der Waals surface area contributed by atoms with Gasteiger partial charge < -0.3 is 15.0 Å². The van der Waals surface area contributed by atoms with E-state index in [4.69, 9.17) is 4.74 Å². The lowest BCUT2D eigenvalue weighted by Crippen LogP contribution is -2.35. The minimum absolute atomic E-state index is 0.289. The van der Waals surface area contributed by atoms with Gasteiger partial charge in [0.2, 0.25) is 5.91 Å². The number of nitriles is 1. The first-order chi connectivity index (χ1) is 14.6. The summed E-state index contributed by atoms with van der Waals surface area (Å²) in [6.45, 7) is 2.98. The summed E-state index contributed by atoms with van der Waals surface area (Å²) in [5.74, 6) is -0.289. The number of benzene rings is 1. The van der Waals surface area contributed by atoms with Crippen LogP contribution in [-0.4, -0.2) is 30.1 Å². The van der Waals surface area contributed by atoms with Crippen molar-refractivity contribution in [1.82, 2.24) is 4.90 Å². The van der Waals surface area contributed by atoms with Crippen molar-refractivity contribution in [2.45, 2.75) is 19.9 Å². The fraction of sp³-hybridized carbons (Fsp3) is 0.227. The fourth-order valence-corrected chi connectivity index (χ4v) is 5.57. The number of nitrogens with zero attached hydrogens (tertiary/aromatic N) is 2. The summed E-state index contributed by atoms with van der Waals surface area (Å²) >= 11 is 2.98. The third kappa shape index (κ3) is 3.95. The van der Waals surface area contributed by atoms with E-state index in [-0.39, 0.29) is 12.0 Å². The number of anilines is 1. The minimum atomic E-state index is -0.355. The molecule has 0 atom stereocenters. The Labute approximate surface area is 182 Å². The predicted octanol–water partition coefficient (Wildman–Crippen LogP) is 5.00. The molecule has 6 nitrogen and oxygen atoms in total. The van der Waals surface area contributed by atoms with Crippen LogP contribution in [0.1, 0.15) is 28.5 Å². The van der Waals surface area contributed by atoms with Crippen LogP contribution in [0.15, 0.2) is 35.7 Å². The monoisotopic (exact) mass is 437 g/mol. The zero-order valence-electron chi connectivity index (χ0n) is 16.3. The lowest BCUT2D eigenvalue weighted by molar-refractivity contribution is -0.111. The maximum absolute atomic E-state index is 12.5. The summed E-state index contributed by atoms with van der Waals surface area (Å²) in [6.07, 6.45) is 3.49. The van der Waals surface area contributed by atoms with Gasteiger partial charge in [-0.1, -0.05) is 18.2 Å². The van der Waals surface area contributed by atoms with Crippen LogP contribution in [0.4, 0.5) is 9.80 Å². The number of hydrogen-bond donors (Lipinski definition) is 1. The molecule has 4 rings (SSSR count). The van der Waals surface area contributed by atoms with Gasteiger partial charge in [0.05, 0.1) is 18.7 Å². The van der Waals surface area contributed by atoms with Gasteiger partial charge in [-0.15, -0.1) is 22.7 Å². The molecule has 3 aromatic rings. The van der Waals surface area contributed by atoms with Crippen molar-refractivity contribution in [1.29, 1.82) is 5.26 Å². The molecule has 0 bridgehead atoms. The molecule has 2 aromatic heterocycles. The summed E-state index contributed by atoms with van der Waals surface area (Å²) in [4.78, 5) is 27.0. The zero-order valence-corrected chi connectivity index (χ0v) is 17.9. The average molecular weight is 438 g/mol. The van der Waals surface area contributed by atoms with Crippen molar-refractivity contribution < 1.29 is 14.3 Å². The topological polar surface area (TPSA) is 82.4 Å². The van der Waals surface area contributed by atoms with E-state index in [1.165, 1.54) is 22.1 Å². The van der Waals surface area contributed by atoms with Crippen LogP contribution in [0.5, 0.6) is 0 Å². The lowest BCUT2D eigenvalue weighted by Gasteiger charge is -2.25. The van der Waals surface area contributed by atoms with E-state index in [1.807, 2.05) is 29.6 Å². The Hall–Kier alpha value is -3.15. The SMILES string of the molecule is CCOC(=O)N1CCc2c(sc(NC(=O)C=Cc3csc4ccccc34)c2C#N)C1. The van der Waals surface area contributed by atoms with Gasteiger partial charge in [0.15, 0.2) is 0 Å². The number of thiophene rings is 2. The van der Waals surface area contributed by atoms with E-state index in [1.54, 1.807) is 29.2 Å². The maximum atomic E-state index is 12.5. The number of hydrogen-bond acceptors (Lipinski definition) is 6. The van der Waals surface area contributed by atoms with Gasteiger partial charge in [-0.3, -0.25) is 4.79 Å². The van der Waals surface area contributed by atoms with Crippen molar-refractivity contribution >= 4 is 55.8 Å². The van der Waals surface area contributed by atoms with Crippen molar-refractivity contribution in [3.8, 4) is 6.07 Å². The number of rotatable bonds is 4. The second-order valence-corrected chi connectivity index (χ2v) is 8.72. The number of carbonyl (C=O) groups excluding carboxylic acids is 2. The summed E-state index contributed by atoms with van der Waals surface area (Å²) in [5.41, 5.74) is 2.38. The first kappa shape index (κ1) is 20.1.